The number of carbonyl (C=O) groups excluding carboxylic acids is 5. The number of carbonyl (C=O) groups is 5. The van der Waals surface area contributed by atoms with E-state index in [-0.39, 0.29) is 56.4 Å². The van der Waals surface area contributed by atoms with Crippen LogP contribution in [0, 0.1) is 5.82 Å². The molecule has 0 aromatic heterocycles. The molecule has 2 aromatic carbocycles. The number of alkyl carbamates (subject to hydrolysis) is 1. The zero-order valence-electron chi connectivity index (χ0n) is 26.8. The van der Waals surface area contributed by atoms with Crippen LogP contribution in [0.25, 0.3) is 0 Å². The molecule has 1 fully saturated rings. The third-order valence-corrected chi connectivity index (χ3v) is 7.77. The standard InChI is InChI=1S/C33H41FN4O8/c1-33(2,3)46-32(43)35-23-16-24-20-44-27-13-11-22(34)15-25(27)30(41)37(5)26(31(42)45-19-21-9-7-6-8-10-21)12-14-28(39)36(4)18-29(40)38(24)17-23/h6-11,13,15,23-24,26H,12,14,16-20H2,1-5H3,(H,35,43)/t23-,24+,26-/m1/s1. The Morgan fingerprint density at radius 3 is 2.46 bits per heavy atom. The number of hydrogen-bond acceptors (Lipinski definition) is 8. The summed E-state index contributed by atoms with van der Waals surface area (Å²) in [4.78, 5) is 70.1. The van der Waals surface area contributed by atoms with E-state index in [0.29, 0.717) is 6.42 Å². The van der Waals surface area contributed by atoms with Crippen molar-refractivity contribution in [2.75, 3.05) is 33.8 Å². The van der Waals surface area contributed by atoms with E-state index >= 15 is 0 Å². The highest BCUT2D eigenvalue weighted by molar-refractivity contribution is 5.99. The fourth-order valence-corrected chi connectivity index (χ4v) is 5.40. The summed E-state index contributed by atoms with van der Waals surface area (Å²) in [7, 11) is 2.86. The highest BCUT2D eigenvalue weighted by Gasteiger charge is 2.39. The van der Waals surface area contributed by atoms with E-state index < -0.39 is 53.4 Å². The van der Waals surface area contributed by atoms with Crippen molar-refractivity contribution in [3.63, 3.8) is 0 Å². The summed E-state index contributed by atoms with van der Waals surface area (Å²) in [5.74, 6) is -2.89. The van der Waals surface area contributed by atoms with Crippen LogP contribution in [0.1, 0.15) is 56.0 Å². The largest absolute Gasteiger partial charge is 0.491 e. The highest BCUT2D eigenvalue weighted by Crippen LogP contribution is 2.27. The molecule has 1 N–H and O–H groups in total. The quantitative estimate of drug-likeness (QED) is 0.504. The second kappa shape index (κ2) is 14.6. The highest BCUT2D eigenvalue weighted by atomic mass is 19.1. The van der Waals surface area contributed by atoms with Crippen molar-refractivity contribution in [3.8, 4) is 5.75 Å². The molecule has 2 aromatic rings. The summed E-state index contributed by atoms with van der Waals surface area (Å²) in [6, 6.07) is 10.3. The molecule has 2 heterocycles. The van der Waals surface area contributed by atoms with Gasteiger partial charge in [0.25, 0.3) is 5.91 Å². The Kier molecular flexibility index (Phi) is 10.9. The van der Waals surface area contributed by atoms with Gasteiger partial charge in [-0.15, -0.1) is 0 Å². The lowest BCUT2D eigenvalue weighted by molar-refractivity contribution is -0.150. The zero-order valence-corrected chi connectivity index (χ0v) is 26.8. The minimum Gasteiger partial charge on any atom is -0.491 e. The molecule has 1 saturated heterocycles. The molecule has 0 spiro atoms. The second-order valence-electron chi connectivity index (χ2n) is 12.5. The van der Waals surface area contributed by atoms with Gasteiger partial charge in [-0.2, -0.15) is 0 Å². The predicted octanol–water partition coefficient (Wildman–Crippen LogP) is 3.13. The zero-order chi connectivity index (χ0) is 33.6. The lowest BCUT2D eigenvalue weighted by Crippen LogP contribution is -2.46. The molecule has 4 amide bonds. The van der Waals surface area contributed by atoms with Gasteiger partial charge in [0.05, 0.1) is 24.2 Å². The van der Waals surface area contributed by atoms with Gasteiger partial charge in [0.1, 0.15) is 36.4 Å². The predicted molar refractivity (Wildman–Crippen MR) is 164 cm³/mol. The Hall–Kier alpha value is -4.68. The Morgan fingerprint density at radius 2 is 1.76 bits per heavy atom. The third-order valence-electron chi connectivity index (χ3n) is 7.77. The van der Waals surface area contributed by atoms with E-state index in [9.17, 15) is 28.4 Å². The average Bonchev–Trinajstić information content (AvgIpc) is 3.40. The molecule has 0 radical (unpaired) electrons. The van der Waals surface area contributed by atoms with Gasteiger partial charge in [-0.25, -0.2) is 14.0 Å². The lowest BCUT2D eigenvalue weighted by Gasteiger charge is -2.28. The topological polar surface area (TPSA) is 135 Å². The van der Waals surface area contributed by atoms with Crippen LogP contribution in [-0.2, 0) is 30.5 Å². The number of benzene rings is 2. The number of nitrogens with one attached hydrogen (secondary N) is 1. The van der Waals surface area contributed by atoms with Crippen LogP contribution in [0.15, 0.2) is 48.5 Å². The van der Waals surface area contributed by atoms with Gasteiger partial charge in [-0.3, -0.25) is 14.4 Å². The number of rotatable bonds is 4. The van der Waals surface area contributed by atoms with Crippen LogP contribution in [0.4, 0.5) is 9.18 Å². The number of halogens is 1. The number of amides is 4. The number of likely N-dealkylation sites (N-methyl/N-ethyl adjacent to an activating group) is 2. The fourth-order valence-electron chi connectivity index (χ4n) is 5.40. The molecule has 0 bridgehead atoms. The van der Waals surface area contributed by atoms with Gasteiger partial charge < -0.3 is 34.2 Å². The van der Waals surface area contributed by atoms with Crippen LogP contribution in [0.5, 0.6) is 5.75 Å². The maximum atomic E-state index is 14.5. The molecule has 0 aliphatic carbocycles. The molecule has 2 aliphatic rings. The number of hydrogen-bond donors (Lipinski definition) is 1. The molecular formula is C33H41FN4O8. The van der Waals surface area contributed by atoms with Crippen LogP contribution in [0.2, 0.25) is 0 Å². The molecule has 4 rings (SSSR count). The Bertz CT molecular complexity index is 1450. The third kappa shape index (κ3) is 8.95. The first-order valence-electron chi connectivity index (χ1n) is 15.1. The van der Waals surface area contributed by atoms with Crippen molar-refractivity contribution in [2.24, 2.45) is 0 Å². The van der Waals surface area contributed by atoms with E-state index in [2.05, 4.69) is 5.32 Å². The molecule has 248 valence electrons. The molecule has 12 nitrogen and oxygen atoms in total. The van der Waals surface area contributed by atoms with E-state index in [4.69, 9.17) is 14.2 Å². The van der Waals surface area contributed by atoms with E-state index in [1.165, 1.54) is 30.0 Å². The number of nitrogens with zero attached hydrogens (tertiary/aromatic N) is 3. The van der Waals surface area contributed by atoms with E-state index in [0.717, 1.165) is 22.6 Å². The van der Waals surface area contributed by atoms with Gasteiger partial charge in [0, 0.05) is 27.1 Å². The molecule has 2 aliphatic heterocycles. The molecule has 0 unspecified atom stereocenters. The van der Waals surface area contributed by atoms with Gasteiger partial charge in [-0.05, 0) is 57.4 Å². The summed E-state index contributed by atoms with van der Waals surface area (Å²) in [5, 5.41) is 2.79. The number of ether oxygens (including phenoxy) is 3. The molecule has 13 heteroatoms. The van der Waals surface area contributed by atoms with Gasteiger partial charge >= 0.3 is 12.1 Å². The van der Waals surface area contributed by atoms with Crippen LogP contribution < -0.4 is 10.1 Å². The Balaban J connectivity index is 1.60. The fraction of sp³-hybridized carbons (Fsp3) is 0.485. The van der Waals surface area contributed by atoms with Crippen LogP contribution >= 0.6 is 0 Å². The van der Waals surface area contributed by atoms with Crippen molar-refractivity contribution in [1.29, 1.82) is 0 Å². The molecule has 0 saturated carbocycles. The smallest absolute Gasteiger partial charge is 0.407 e. The first-order valence-corrected chi connectivity index (χ1v) is 15.1. The van der Waals surface area contributed by atoms with Crippen LogP contribution in [0.3, 0.4) is 0 Å². The number of fused-ring (bicyclic) bond motifs is 2. The van der Waals surface area contributed by atoms with Crippen molar-refractivity contribution < 1.29 is 42.6 Å². The van der Waals surface area contributed by atoms with Crippen molar-refractivity contribution in [1.82, 2.24) is 20.0 Å². The van der Waals surface area contributed by atoms with E-state index in [1.54, 1.807) is 45.0 Å². The summed E-state index contributed by atoms with van der Waals surface area (Å²) in [6.45, 7) is 4.97. The maximum Gasteiger partial charge on any atom is 0.407 e. The van der Waals surface area contributed by atoms with Crippen molar-refractivity contribution >= 4 is 29.8 Å². The minimum atomic E-state index is -1.19. The first kappa shape index (κ1) is 34.2. The SMILES string of the molecule is CN1CC(=O)N2C[C@H](NC(=O)OC(C)(C)C)C[C@H]2COc2ccc(F)cc2C(=O)N(C)[C@@H](C(=O)OCc2ccccc2)CCC1=O. The monoisotopic (exact) mass is 640 g/mol. The Labute approximate surface area is 267 Å². The van der Waals surface area contributed by atoms with Crippen LogP contribution in [-0.4, -0.2) is 102 Å². The van der Waals surface area contributed by atoms with Crippen molar-refractivity contribution in [2.45, 2.75) is 70.4 Å². The summed E-state index contributed by atoms with van der Waals surface area (Å²) >= 11 is 0. The summed E-state index contributed by atoms with van der Waals surface area (Å²) in [6.07, 6.45) is -0.604. The van der Waals surface area contributed by atoms with Gasteiger partial charge in [0.2, 0.25) is 11.8 Å². The van der Waals surface area contributed by atoms with Gasteiger partial charge in [0.15, 0.2) is 0 Å². The Morgan fingerprint density at radius 1 is 1.04 bits per heavy atom. The second-order valence-corrected chi connectivity index (χ2v) is 12.5. The summed E-state index contributed by atoms with van der Waals surface area (Å²) in [5.41, 5.74) is -0.118. The van der Waals surface area contributed by atoms with Gasteiger partial charge in [-0.1, -0.05) is 30.3 Å². The minimum absolute atomic E-state index is 0.0458. The number of esters is 1. The molecule has 46 heavy (non-hydrogen) atoms. The van der Waals surface area contributed by atoms with E-state index in [1.807, 2.05) is 6.07 Å². The molecular weight excluding hydrogens is 599 g/mol. The lowest BCUT2D eigenvalue weighted by atomic mass is 10.1. The molecule has 3 atom stereocenters. The normalized spacial score (nSPS) is 21.4. The average molecular weight is 641 g/mol. The van der Waals surface area contributed by atoms with Crippen molar-refractivity contribution in [3.05, 3.63) is 65.5 Å². The maximum absolute atomic E-state index is 14.5. The first-order chi connectivity index (χ1) is 21.7. The summed E-state index contributed by atoms with van der Waals surface area (Å²) < 4.78 is 31.4.